The molecule has 1 aromatic rings. The Kier molecular flexibility index (Phi) is 4.75. The smallest absolute Gasteiger partial charge is 0.315 e. The minimum Gasteiger partial charge on any atom is -0.407 e. The summed E-state index contributed by atoms with van der Waals surface area (Å²) in [6, 6.07) is 0.787. The van der Waals surface area contributed by atoms with Gasteiger partial charge in [0.2, 0.25) is 5.89 Å². The van der Waals surface area contributed by atoms with Gasteiger partial charge in [0.15, 0.2) is 0 Å². The summed E-state index contributed by atoms with van der Waals surface area (Å²) >= 11 is 0. The molecule has 1 aromatic heterocycles. The van der Waals surface area contributed by atoms with Gasteiger partial charge in [-0.05, 0) is 25.8 Å². The fourth-order valence-electron chi connectivity index (χ4n) is 1.78. The van der Waals surface area contributed by atoms with Crippen molar-refractivity contribution >= 4 is 6.01 Å². The van der Waals surface area contributed by atoms with Crippen molar-refractivity contribution in [3.05, 3.63) is 5.89 Å². The lowest BCUT2D eigenvalue weighted by molar-refractivity contribution is 0.0868. The second-order valence-corrected chi connectivity index (χ2v) is 4.24. The van der Waals surface area contributed by atoms with Crippen LogP contribution in [-0.4, -0.2) is 36.0 Å². The van der Waals surface area contributed by atoms with Gasteiger partial charge in [-0.3, -0.25) is 0 Å². The molecule has 1 fully saturated rings. The molecule has 1 aliphatic rings. The first-order valence-corrected chi connectivity index (χ1v) is 6.26. The maximum absolute atomic E-state index is 5.48. The molecule has 0 radical (unpaired) electrons. The topological polar surface area (TPSA) is 72.2 Å². The van der Waals surface area contributed by atoms with E-state index in [0.717, 1.165) is 32.4 Å². The largest absolute Gasteiger partial charge is 0.407 e. The van der Waals surface area contributed by atoms with Gasteiger partial charge < -0.3 is 19.8 Å². The molecule has 6 nitrogen and oxygen atoms in total. The number of hydrogen-bond acceptors (Lipinski definition) is 6. The predicted molar refractivity (Wildman–Crippen MR) is 63.8 cm³/mol. The van der Waals surface area contributed by atoms with Gasteiger partial charge in [-0.25, -0.2) is 0 Å². The quantitative estimate of drug-likeness (QED) is 0.727. The molecule has 17 heavy (non-hydrogen) atoms. The molecule has 96 valence electrons. The van der Waals surface area contributed by atoms with Gasteiger partial charge in [-0.2, -0.15) is 0 Å². The Bertz CT molecular complexity index is 323. The normalized spacial score (nSPS) is 20.4. The molecule has 0 aromatic carbocycles. The summed E-state index contributed by atoms with van der Waals surface area (Å²) in [5.74, 6) is 0.623. The molecule has 6 heteroatoms. The van der Waals surface area contributed by atoms with E-state index in [0.29, 0.717) is 31.1 Å². The molecule has 1 saturated heterocycles. The third-order valence-electron chi connectivity index (χ3n) is 2.66. The molecule has 2 N–H and O–H groups in total. The number of nitrogens with one attached hydrogen (secondary N) is 2. The first kappa shape index (κ1) is 12.3. The SMILES string of the molecule is CCCNCc1nnc(NC2CCCOC2)o1. The maximum atomic E-state index is 5.48. The summed E-state index contributed by atoms with van der Waals surface area (Å²) < 4.78 is 10.9. The Hall–Kier alpha value is -1.14. The van der Waals surface area contributed by atoms with Crippen LogP contribution in [0.25, 0.3) is 0 Å². The zero-order valence-corrected chi connectivity index (χ0v) is 10.2. The standard InChI is InChI=1S/C11H20N4O2/c1-2-5-12-7-10-14-15-11(17-10)13-9-4-3-6-16-8-9/h9,12H,2-8H2,1H3,(H,13,15). The lowest BCUT2D eigenvalue weighted by Crippen LogP contribution is -2.30. The highest BCUT2D eigenvalue weighted by Gasteiger charge is 2.16. The van der Waals surface area contributed by atoms with Crippen molar-refractivity contribution in [3.8, 4) is 0 Å². The number of hydrogen-bond donors (Lipinski definition) is 2. The Morgan fingerprint density at radius 1 is 1.41 bits per heavy atom. The van der Waals surface area contributed by atoms with Crippen LogP contribution in [0.3, 0.4) is 0 Å². The van der Waals surface area contributed by atoms with E-state index in [1.165, 1.54) is 0 Å². The zero-order chi connectivity index (χ0) is 11.9. The van der Waals surface area contributed by atoms with E-state index in [1.807, 2.05) is 0 Å². The van der Waals surface area contributed by atoms with Gasteiger partial charge >= 0.3 is 6.01 Å². The summed E-state index contributed by atoms with van der Waals surface area (Å²) in [6.07, 6.45) is 3.27. The van der Waals surface area contributed by atoms with Crippen molar-refractivity contribution in [2.75, 3.05) is 25.1 Å². The second kappa shape index (κ2) is 6.56. The summed E-state index contributed by atoms with van der Waals surface area (Å²) in [5.41, 5.74) is 0. The van der Waals surface area contributed by atoms with E-state index in [1.54, 1.807) is 0 Å². The van der Waals surface area contributed by atoms with E-state index >= 15 is 0 Å². The molecular formula is C11H20N4O2. The van der Waals surface area contributed by atoms with Crippen molar-refractivity contribution in [3.63, 3.8) is 0 Å². The molecule has 1 unspecified atom stereocenters. The van der Waals surface area contributed by atoms with Crippen LogP contribution in [0.4, 0.5) is 6.01 Å². The van der Waals surface area contributed by atoms with E-state index in [-0.39, 0.29) is 0 Å². The lowest BCUT2D eigenvalue weighted by Gasteiger charge is -2.21. The van der Waals surface area contributed by atoms with Crippen molar-refractivity contribution in [2.24, 2.45) is 0 Å². The van der Waals surface area contributed by atoms with Crippen molar-refractivity contribution in [1.82, 2.24) is 15.5 Å². The first-order valence-electron chi connectivity index (χ1n) is 6.26. The highest BCUT2D eigenvalue weighted by atomic mass is 16.5. The Labute approximate surface area is 101 Å². The van der Waals surface area contributed by atoms with Crippen LogP contribution < -0.4 is 10.6 Å². The number of nitrogens with zero attached hydrogens (tertiary/aromatic N) is 2. The van der Waals surface area contributed by atoms with Gasteiger partial charge in [-0.1, -0.05) is 12.0 Å². The zero-order valence-electron chi connectivity index (χ0n) is 10.2. The fraction of sp³-hybridized carbons (Fsp3) is 0.818. The second-order valence-electron chi connectivity index (χ2n) is 4.24. The van der Waals surface area contributed by atoms with E-state index in [2.05, 4.69) is 27.8 Å². The molecular weight excluding hydrogens is 220 g/mol. The van der Waals surface area contributed by atoms with E-state index < -0.39 is 0 Å². The van der Waals surface area contributed by atoms with Crippen LogP contribution in [0, 0.1) is 0 Å². The monoisotopic (exact) mass is 240 g/mol. The number of ether oxygens (including phenoxy) is 1. The average molecular weight is 240 g/mol. The van der Waals surface area contributed by atoms with E-state index in [4.69, 9.17) is 9.15 Å². The minimum absolute atomic E-state index is 0.292. The molecule has 0 aliphatic carbocycles. The maximum Gasteiger partial charge on any atom is 0.315 e. The van der Waals surface area contributed by atoms with Gasteiger partial charge in [0.25, 0.3) is 0 Å². The number of rotatable bonds is 6. The van der Waals surface area contributed by atoms with Crippen LogP contribution in [0.1, 0.15) is 32.1 Å². The molecule has 0 spiro atoms. The summed E-state index contributed by atoms with van der Waals surface area (Å²) in [7, 11) is 0. The summed E-state index contributed by atoms with van der Waals surface area (Å²) in [4.78, 5) is 0. The third-order valence-corrected chi connectivity index (χ3v) is 2.66. The summed E-state index contributed by atoms with van der Waals surface area (Å²) in [5, 5.41) is 14.4. The Morgan fingerprint density at radius 3 is 3.12 bits per heavy atom. The minimum atomic E-state index is 0.292. The predicted octanol–water partition coefficient (Wildman–Crippen LogP) is 1.16. The lowest BCUT2D eigenvalue weighted by atomic mass is 10.1. The average Bonchev–Trinajstić information content (AvgIpc) is 2.79. The van der Waals surface area contributed by atoms with Crippen LogP contribution >= 0.6 is 0 Å². The fourth-order valence-corrected chi connectivity index (χ4v) is 1.78. The van der Waals surface area contributed by atoms with Crippen LogP contribution in [-0.2, 0) is 11.3 Å². The van der Waals surface area contributed by atoms with Crippen molar-refractivity contribution < 1.29 is 9.15 Å². The molecule has 1 aliphatic heterocycles. The van der Waals surface area contributed by atoms with Gasteiger partial charge in [-0.15, -0.1) is 5.10 Å². The van der Waals surface area contributed by atoms with Crippen LogP contribution in [0.2, 0.25) is 0 Å². The van der Waals surface area contributed by atoms with E-state index in [9.17, 15) is 0 Å². The third kappa shape index (κ3) is 3.98. The van der Waals surface area contributed by atoms with Crippen molar-refractivity contribution in [2.45, 2.75) is 38.8 Å². The molecule has 2 heterocycles. The molecule has 1 atom stereocenters. The Balaban J connectivity index is 1.76. The highest BCUT2D eigenvalue weighted by Crippen LogP contribution is 2.13. The first-order chi connectivity index (χ1) is 8.38. The van der Waals surface area contributed by atoms with Gasteiger partial charge in [0, 0.05) is 6.61 Å². The van der Waals surface area contributed by atoms with Gasteiger partial charge in [0.1, 0.15) is 0 Å². The molecule has 0 bridgehead atoms. The molecule has 2 rings (SSSR count). The van der Waals surface area contributed by atoms with Gasteiger partial charge in [0.05, 0.1) is 19.2 Å². The van der Waals surface area contributed by atoms with Crippen LogP contribution in [0.5, 0.6) is 0 Å². The Morgan fingerprint density at radius 2 is 2.35 bits per heavy atom. The highest BCUT2D eigenvalue weighted by molar-refractivity contribution is 5.19. The number of aromatic nitrogens is 2. The van der Waals surface area contributed by atoms with Crippen molar-refractivity contribution in [1.29, 1.82) is 0 Å². The van der Waals surface area contributed by atoms with Crippen LogP contribution in [0.15, 0.2) is 4.42 Å². The summed E-state index contributed by atoms with van der Waals surface area (Å²) in [6.45, 7) is 5.28. The molecule has 0 saturated carbocycles. The number of anilines is 1. The molecule has 0 amide bonds.